The standard InChI is InChI=1S/C19H25N3O2S/c23-14-4-6-15(7-5-14)25-11-18-21-17-9-13(20-10-12-1-2-12)3-8-16(17)19(24)22-18/h3,8-9,12,14-15,20,23H,1-2,4-7,10-11H2,(H,21,22,24). The van der Waals surface area contributed by atoms with Crippen LogP contribution in [0.25, 0.3) is 10.9 Å². The maximum atomic E-state index is 12.3. The molecule has 0 saturated heterocycles. The summed E-state index contributed by atoms with van der Waals surface area (Å²) in [6.45, 7) is 1.00. The Balaban J connectivity index is 1.45. The van der Waals surface area contributed by atoms with E-state index in [1.54, 1.807) is 0 Å². The molecule has 134 valence electrons. The first-order valence-corrected chi connectivity index (χ1v) is 10.3. The molecule has 0 amide bonds. The van der Waals surface area contributed by atoms with Gasteiger partial charge in [0.1, 0.15) is 5.82 Å². The number of aromatic amines is 1. The van der Waals surface area contributed by atoms with Crippen molar-refractivity contribution in [2.45, 2.75) is 55.6 Å². The van der Waals surface area contributed by atoms with E-state index in [0.717, 1.165) is 55.2 Å². The van der Waals surface area contributed by atoms with Crippen molar-refractivity contribution in [3.05, 3.63) is 34.4 Å². The molecule has 2 fully saturated rings. The molecule has 2 aliphatic carbocycles. The Morgan fingerprint density at radius 3 is 2.76 bits per heavy atom. The van der Waals surface area contributed by atoms with Gasteiger partial charge in [-0.1, -0.05) is 0 Å². The topological polar surface area (TPSA) is 78.0 Å². The van der Waals surface area contributed by atoms with Crippen LogP contribution in [0.15, 0.2) is 23.0 Å². The molecule has 0 unspecified atom stereocenters. The van der Waals surface area contributed by atoms with Crippen LogP contribution in [0, 0.1) is 5.92 Å². The van der Waals surface area contributed by atoms with E-state index in [1.165, 1.54) is 12.8 Å². The Kier molecular flexibility index (Phi) is 4.99. The predicted octanol–water partition coefficient (Wildman–Crippen LogP) is 3.28. The van der Waals surface area contributed by atoms with Crippen LogP contribution < -0.4 is 10.9 Å². The molecule has 1 aromatic heterocycles. The molecular weight excluding hydrogens is 334 g/mol. The number of thioether (sulfide) groups is 1. The number of H-pyrrole nitrogens is 1. The normalized spacial score (nSPS) is 23.7. The van der Waals surface area contributed by atoms with E-state index in [9.17, 15) is 9.90 Å². The van der Waals surface area contributed by atoms with Gasteiger partial charge in [0.15, 0.2) is 0 Å². The lowest BCUT2D eigenvalue weighted by Crippen LogP contribution is -2.20. The van der Waals surface area contributed by atoms with Gasteiger partial charge >= 0.3 is 0 Å². The van der Waals surface area contributed by atoms with Crippen molar-refractivity contribution >= 4 is 28.4 Å². The first-order valence-electron chi connectivity index (χ1n) is 9.24. The van der Waals surface area contributed by atoms with E-state index in [0.29, 0.717) is 16.4 Å². The zero-order chi connectivity index (χ0) is 17.2. The highest BCUT2D eigenvalue weighted by molar-refractivity contribution is 7.99. The zero-order valence-electron chi connectivity index (χ0n) is 14.3. The minimum Gasteiger partial charge on any atom is -0.393 e. The molecule has 0 bridgehead atoms. The van der Waals surface area contributed by atoms with E-state index in [4.69, 9.17) is 0 Å². The van der Waals surface area contributed by atoms with Gasteiger partial charge in [-0.05, 0) is 62.6 Å². The van der Waals surface area contributed by atoms with Crippen LogP contribution in [-0.2, 0) is 5.75 Å². The molecule has 6 heteroatoms. The number of hydrogen-bond acceptors (Lipinski definition) is 5. The second-order valence-corrected chi connectivity index (χ2v) is 8.60. The molecular formula is C19H25N3O2S. The van der Waals surface area contributed by atoms with Gasteiger partial charge in [-0.15, -0.1) is 0 Å². The number of aliphatic hydroxyl groups excluding tert-OH is 1. The van der Waals surface area contributed by atoms with Gasteiger partial charge in [-0.25, -0.2) is 4.98 Å². The van der Waals surface area contributed by atoms with Gasteiger partial charge in [-0.2, -0.15) is 11.8 Å². The molecule has 0 atom stereocenters. The highest BCUT2D eigenvalue weighted by Gasteiger charge is 2.21. The molecule has 0 spiro atoms. The van der Waals surface area contributed by atoms with E-state index in [-0.39, 0.29) is 11.7 Å². The summed E-state index contributed by atoms with van der Waals surface area (Å²) in [5.74, 6) is 2.27. The highest BCUT2D eigenvalue weighted by Crippen LogP contribution is 2.31. The van der Waals surface area contributed by atoms with E-state index in [1.807, 2.05) is 30.0 Å². The number of aliphatic hydroxyl groups is 1. The molecule has 1 heterocycles. The summed E-state index contributed by atoms with van der Waals surface area (Å²) >= 11 is 1.84. The van der Waals surface area contributed by atoms with Crippen molar-refractivity contribution in [1.29, 1.82) is 0 Å². The van der Waals surface area contributed by atoms with E-state index < -0.39 is 0 Å². The predicted molar refractivity (Wildman–Crippen MR) is 103 cm³/mol. The average Bonchev–Trinajstić information content (AvgIpc) is 3.44. The third-order valence-corrected chi connectivity index (χ3v) is 6.53. The van der Waals surface area contributed by atoms with Crippen LogP contribution >= 0.6 is 11.8 Å². The van der Waals surface area contributed by atoms with E-state index >= 15 is 0 Å². The third kappa shape index (κ3) is 4.36. The van der Waals surface area contributed by atoms with Crippen molar-refractivity contribution < 1.29 is 5.11 Å². The molecule has 1 aromatic carbocycles. The first kappa shape index (κ1) is 16.9. The van der Waals surface area contributed by atoms with Gasteiger partial charge in [0.2, 0.25) is 0 Å². The summed E-state index contributed by atoms with van der Waals surface area (Å²) in [5, 5.41) is 14.2. The number of fused-ring (bicyclic) bond motifs is 1. The Bertz CT molecular complexity index is 795. The van der Waals surface area contributed by atoms with Gasteiger partial charge in [-0.3, -0.25) is 4.79 Å². The van der Waals surface area contributed by atoms with Gasteiger partial charge in [0, 0.05) is 17.5 Å². The Morgan fingerprint density at radius 1 is 1.20 bits per heavy atom. The number of anilines is 1. The number of nitrogens with one attached hydrogen (secondary N) is 2. The zero-order valence-corrected chi connectivity index (χ0v) is 15.1. The lowest BCUT2D eigenvalue weighted by Gasteiger charge is -2.24. The molecule has 0 radical (unpaired) electrons. The quantitative estimate of drug-likeness (QED) is 0.738. The Labute approximate surface area is 151 Å². The smallest absolute Gasteiger partial charge is 0.258 e. The largest absolute Gasteiger partial charge is 0.393 e. The van der Waals surface area contributed by atoms with Gasteiger partial charge in [0.05, 0.1) is 22.8 Å². The van der Waals surface area contributed by atoms with Crippen LogP contribution in [0.1, 0.15) is 44.3 Å². The van der Waals surface area contributed by atoms with Crippen molar-refractivity contribution in [2.24, 2.45) is 5.92 Å². The SMILES string of the molecule is O=c1[nH]c(CSC2CCC(O)CC2)nc2cc(NCC3CC3)ccc12. The number of aromatic nitrogens is 2. The molecule has 3 N–H and O–H groups in total. The fourth-order valence-electron chi connectivity index (χ4n) is 3.36. The van der Waals surface area contributed by atoms with Crippen molar-refractivity contribution in [1.82, 2.24) is 9.97 Å². The van der Waals surface area contributed by atoms with E-state index in [2.05, 4.69) is 15.3 Å². The van der Waals surface area contributed by atoms with Crippen LogP contribution in [-0.4, -0.2) is 33.0 Å². The second kappa shape index (κ2) is 7.38. The summed E-state index contributed by atoms with van der Waals surface area (Å²) in [6.07, 6.45) is 6.36. The minimum atomic E-state index is -0.128. The van der Waals surface area contributed by atoms with Crippen LogP contribution in [0.4, 0.5) is 5.69 Å². The van der Waals surface area contributed by atoms with Gasteiger partial charge in [0.25, 0.3) is 5.56 Å². The maximum absolute atomic E-state index is 12.3. The molecule has 0 aliphatic heterocycles. The summed E-state index contributed by atoms with van der Waals surface area (Å²) in [4.78, 5) is 19.9. The van der Waals surface area contributed by atoms with Crippen molar-refractivity contribution in [3.8, 4) is 0 Å². The number of rotatable bonds is 6. The summed E-state index contributed by atoms with van der Waals surface area (Å²) < 4.78 is 0. The first-order chi connectivity index (χ1) is 12.2. The fourth-order valence-corrected chi connectivity index (χ4v) is 4.49. The number of hydrogen-bond donors (Lipinski definition) is 3. The Morgan fingerprint density at radius 2 is 2.00 bits per heavy atom. The van der Waals surface area contributed by atoms with Crippen molar-refractivity contribution in [3.63, 3.8) is 0 Å². The minimum absolute atomic E-state index is 0.0617. The Hall–Kier alpha value is -1.53. The molecule has 2 aliphatic rings. The van der Waals surface area contributed by atoms with Crippen LogP contribution in [0.5, 0.6) is 0 Å². The van der Waals surface area contributed by atoms with Gasteiger partial charge < -0.3 is 15.4 Å². The molecule has 5 nitrogen and oxygen atoms in total. The fraction of sp³-hybridized carbons (Fsp3) is 0.579. The number of benzene rings is 1. The van der Waals surface area contributed by atoms with Crippen LogP contribution in [0.2, 0.25) is 0 Å². The highest BCUT2D eigenvalue weighted by atomic mass is 32.2. The summed E-state index contributed by atoms with van der Waals surface area (Å²) in [6, 6.07) is 5.80. The third-order valence-electron chi connectivity index (χ3n) is 5.15. The maximum Gasteiger partial charge on any atom is 0.258 e. The summed E-state index contributed by atoms with van der Waals surface area (Å²) in [5.41, 5.74) is 1.74. The molecule has 25 heavy (non-hydrogen) atoms. The molecule has 4 rings (SSSR count). The summed E-state index contributed by atoms with van der Waals surface area (Å²) in [7, 11) is 0. The van der Waals surface area contributed by atoms with Crippen LogP contribution in [0.3, 0.4) is 0 Å². The molecule has 2 aromatic rings. The lowest BCUT2D eigenvalue weighted by molar-refractivity contribution is 0.132. The molecule has 2 saturated carbocycles. The lowest BCUT2D eigenvalue weighted by atomic mass is 9.97. The second-order valence-electron chi connectivity index (χ2n) is 7.31. The number of nitrogens with zero attached hydrogens (tertiary/aromatic N) is 1. The van der Waals surface area contributed by atoms with Crippen molar-refractivity contribution in [2.75, 3.05) is 11.9 Å². The average molecular weight is 359 g/mol. The monoisotopic (exact) mass is 359 g/mol.